The Labute approximate surface area is 264 Å². The zero-order valence-corrected chi connectivity index (χ0v) is 25.6. The molecule has 2 aromatic heterocycles. The third-order valence-electron chi connectivity index (χ3n) is 6.26. The Morgan fingerprint density at radius 1 is 0.600 bits per heavy atom. The average Bonchev–Trinajstić information content (AvgIpc) is 3.06. The van der Waals surface area contributed by atoms with E-state index in [1.165, 1.54) is 12.7 Å². The SMILES string of the molecule is COc1cc2ncnc(Cl)c2cc1OC.COc1cc2ncnc(Nc3ccc(O)cc3)c2cc1OC.Nc1ccc(O)cc1. The van der Waals surface area contributed by atoms with E-state index in [-0.39, 0.29) is 11.5 Å². The summed E-state index contributed by atoms with van der Waals surface area (Å²) in [5, 5.41) is 23.2. The Balaban J connectivity index is 0.000000172. The molecule has 0 fully saturated rings. The van der Waals surface area contributed by atoms with Gasteiger partial charge in [0.15, 0.2) is 23.0 Å². The number of nitrogens with one attached hydrogen (secondary N) is 1. The molecule has 0 aliphatic carbocycles. The lowest BCUT2D eigenvalue weighted by atomic mass is 10.2. The molecule has 5 N–H and O–H groups in total. The van der Waals surface area contributed by atoms with Crippen LogP contribution >= 0.6 is 11.6 Å². The molecule has 0 aliphatic rings. The summed E-state index contributed by atoms with van der Waals surface area (Å²) >= 11 is 5.93. The molecule has 0 saturated carbocycles. The van der Waals surface area contributed by atoms with Crippen LogP contribution in [-0.2, 0) is 0 Å². The van der Waals surface area contributed by atoms with E-state index in [9.17, 15) is 5.11 Å². The van der Waals surface area contributed by atoms with Crippen LogP contribution in [0.5, 0.6) is 34.5 Å². The van der Waals surface area contributed by atoms with Crippen LogP contribution in [0.1, 0.15) is 0 Å². The minimum Gasteiger partial charge on any atom is -0.508 e. The molecule has 4 aromatic carbocycles. The van der Waals surface area contributed by atoms with Crippen molar-refractivity contribution in [1.29, 1.82) is 0 Å². The predicted octanol–water partition coefficient (Wildman–Crippen LogP) is 6.37. The first-order chi connectivity index (χ1) is 21.8. The van der Waals surface area contributed by atoms with Gasteiger partial charge in [-0.25, -0.2) is 19.9 Å². The summed E-state index contributed by atoms with van der Waals surface area (Å²) in [4.78, 5) is 16.5. The van der Waals surface area contributed by atoms with E-state index in [4.69, 9.17) is 41.4 Å². The van der Waals surface area contributed by atoms with E-state index < -0.39 is 0 Å². The van der Waals surface area contributed by atoms with Gasteiger partial charge in [0.2, 0.25) is 0 Å². The second-order valence-electron chi connectivity index (χ2n) is 9.10. The van der Waals surface area contributed by atoms with Crippen molar-refractivity contribution in [2.75, 3.05) is 39.5 Å². The molecule has 0 unspecified atom stereocenters. The second-order valence-corrected chi connectivity index (χ2v) is 9.46. The molecule has 232 valence electrons. The number of aromatic nitrogens is 4. The summed E-state index contributed by atoms with van der Waals surface area (Å²) in [6.45, 7) is 0. The maximum Gasteiger partial charge on any atom is 0.162 e. The Kier molecular flexibility index (Phi) is 10.8. The first kappa shape index (κ1) is 32.2. The number of halogens is 1. The standard InChI is InChI=1S/C16H15N3O3.C10H9ClN2O2.C6H7NO/c1-21-14-7-12-13(8-15(14)22-2)17-9-18-16(12)19-10-3-5-11(20)6-4-10;1-14-8-3-6-7(4-9(8)15-2)12-5-13-10(6)11;7-5-1-3-6(8)4-2-5/h3-9,20H,1-2H3,(H,17,18,19);3-5H,1-2H3;1-4,8H,7H2. The highest BCUT2D eigenvalue weighted by molar-refractivity contribution is 6.34. The van der Waals surface area contributed by atoms with Crippen molar-refractivity contribution < 1.29 is 29.2 Å². The molecule has 0 bridgehead atoms. The quantitative estimate of drug-likeness (QED) is 0.0913. The Hall–Kier alpha value is -5.75. The van der Waals surface area contributed by atoms with Crippen molar-refractivity contribution in [1.82, 2.24) is 19.9 Å². The van der Waals surface area contributed by atoms with Gasteiger partial charge in [-0.1, -0.05) is 11.6 Å². The van der Waals surface area contributed by atoms with E-state index in [2.05, 4.69) is 25.3 Å². The number of phenols is 2. The van der Waals surface area contributed by atoms with E-state index in [0.29, 0.717) is 39.7 Å². The van der Waals surface area contributed by atoms with Gasteiger partial charge in [-0.05, 0) is 60.7 Å². The van der Waals surface area contributed by atoms with Gasteiger partial charge in [0.1, 0.15) is 35.1 Å². The summed E-state index contributed by atoms with van der Waals surface area (Å²) in [5.41, 5.74) is 8.27. The number of ether oxygens (including phenoxy) is 4. The number of nitrogens with zero attached hydrogens (tertiary/aromatic N) is 4. The van der Waals surface area contributed by atoms with Crippen molar-refractivity contribution in [3.05, 3.63) is 90.6 Å². The van der Waals surface area contributed by atoms with Gasteiger partial charge < -0.3 is 40.2 Å². The molecule has 0 saturated heterocycles. The van der Waals surface area contributed by atoms with E-state index in [0.717, 1.165) is 27.5 Å². The third kappa shape index (κ3) is 8.21. The molecule has 0 atom stereocenters. The molecule has 13 heteroatoms. The number of rotatable bonds is 6. The molecule has 0 aliphatic heterocycles. The molecule has 2 heterocycles. The fraction of sp³-hybridized carbons (Fsp3) is 0.125. The van der Waals surface area contributed by atoms with Crippen LogP contribution < -0.4 is 30.0 Å². The lowest BCUT2D eigenvalue weighted by Gasteiger charge is -2.12. The summed E-state index contributed by atoms with van der Waals surface area (Å²) in [7, 11) is 6.31. The van der Waals surface area contributed by atoms with Crippen LogP contribution in [0.15, 0.2) is 85.5 Å². The van der Waals surface area contributed by atoms with Gasteiger partial charge in [0.05, 0.1) is 39.5 Å². The van der Waals surface area contributed by atoms with E-state index >= 15 is 0 Å². The first-order valence-electron chi connectivity index (χ1n) is 13.3. The smallest absolute Gasteiger partial charge is 0.162 e. The highest BCUT2D eigenvalue weighted by Gasteiger charge is 2.11. The number of nitrogen functional groups attached to an aromatic ring is 1. The van der Waals surface area contributed by atoms with Gasteiger partial charge in [-0.2, -0.15) is 0 Å². The van der Waals surface area contributed by atoms with Gasteiger partial charge in [0, 0.05) is 34.3 Å². The molecule has 45 heavy (non-hydrogen) atoms. The highest BCUT2D eigenvalue weighted by Crippen LogP contribution is 2.35. The molecule has 12 nitrogen and oxygen atoms in total. The molecule has 0 spiro atoms. The largest absolute Gasteiger partial charge is 0.508 e. The van der Waals surface area contributed by atoms with E-state index in [1.807, 2.05) is 6.07 Å². The molecule has 6 rings (SSSR count). The molecular formula is C32H31ClN6O6. The summed E-state index contributed by atoms with van der Waals surface area (Å²) in [6, 6.07) is 20.3. The number of methoxy groups -OCH3 is 4. The first-order valence-corrected chi connectivity index (χ1v) is 13.6. The average molecular weight is 631 g/mol. The molecular weight excluding hydrogens is 600 g/mol. The number of nitrogens with two attached hydrogens (primary N) is 1. The van der Waals surface area contributed by atoms with Crippen LogP contribution in [0.25, 0.3) is 21.8 Å². The second kappa shape index (κ2) is 15.1. The zero-order valence-electron chi connectivity index (χ0n) is 24.9. The Bertz CT molecular complexity index is 1850. The van der Waals surface area contributed by atoms with Crippen molar-refractivity contribution in [3.63, 3.8) is 0 Å². The fourth-order valence-corrected chi connectivity index (χ4v) is 4.19. The van der Waals surface area contributed by atoms with Crippen molar-refractivity contribution >= 4 is 50.6 Å². The number of phenolic OH excluding ortho intramolecular Hbond substituents is 2. The number of anilines is 3. The van der Waals surface area contributed by atoms with Crippen LogP contribution in [0.4, 0.5) is 17.2 Å². The summed E-state index contributed by atoms with van der Waals surface area (Å²) in [5.74, 6) is 3.57. The fourth-order valence-electron chi connectivity index (χ4n) is 3.99. The topological polar surface area (TPSA) is 167 Å². The van der Waals surface area contributed by atoms with E-state index in [1.54, 1.807) is 95.2 Å². The van der Waals surface area contributed by atoms with Crippen LogP contribution in [0.3, 0.4) is 0 Å². The maximum absolute atomic E-state index is 9.34. The van der Waals surface area contributed by atoms with Crippen molar-refractivity contribution in [3.8, 4) is 34.5 Å². The Morgan fingerprint density at radius 2 is 1.04 bits per heavy atom. The minimum absolute atomic E-state index is 0.213. The normalized spacial score (nSPS) is 10.2. The summed E-state index contributed by atoms with van der Waals surface area (Å²) in [6.07, 6.45) is 2.90. The lowest BCUT2D eigenvalue weighted by Crippen LogP contribution is -1.97. The van der Waals surface area contributed by atoms with Gasteiger partial charge >= 0.3 is 0 Å². The summed E-state index contributed by atoms with van der Waals surface area (Å²) < 4.78 is 20.9. The lowest BCUT2D eigenvalue weighted by molar-refractivity contribution is 0.356. The molecule has 0 radical (unpaired) electrons. The predicted molar refractivity (Wildman–Crippen MR) is 174 cm³/mol. The van der Waals surface area contributed by atoms with Gasteiger partial charge in [-0.3, -0.25) is 0 Å². The Morgan fingerprint density at radius 3 is 1.56 bits per heavy atom. The number of benzene rings is 4. The maximum atomic E-state index is 9.34. The van der Waals surface area contributed by atoms with Crippen LogP contribution in [0, 0.1) is 0 Å². The number of hydrogen-bond acceptors (Lipinski definition) is 12. The molecule has 0 amide bonds. The van der Waals surface area contributed by atoms with Gasteiger partial charge in [-0.15, -0.1) is 0 Å². The number of fused-ring (bicyclic) bond motifs is 2. The van der Waals surface area contributed by atoms with Crippen molar-refractivity contribution in [2.24, 2.45) is 0 Å². The zero-order chi connectivity index (χ0) is 32.3. The molecule has 6 aromatic rings. The number of aromatic hydroxyl groups is 2. The monoisotopic (exact) mass is 630 g/mol. The highest BCUT2D eigenvalue weighted by atomic mass is 35.5. The number of hydrogen-bond donors (Lipinski definition) is 4. The minimum atomic E-state index is 0.213. The third-order valence-corrected chi connectivity index (χ3v) is 6.56. The van der Waals surface area contributed by atoms with Crippen LogP contribution in [-0.4, -0.2) is 58.6 Å². The van der Waals surface area contributed by atoms with Crippen LogP contribution in [0.2, 0.25) is 5.15 Å². The van der Waals surface area contributed by atoms with Crippen molar-refractivity contribution in [2.45, 2.75) is 0 Å². The van der Waals surface area contributed by atoms with Gasteiger partial charge in [0.25, 0.3) is 0 Å².